The third kappa shape index (κ3) is 4.92. The highest BCUT2D eigenvalue weighted by Crippen LogP contribution is 2.34. The highest BCUT2D eigenvalue weighted by atomic mass is 16.5. The number of nitrogens with zero attached hydrogens (tertiary/aromatic N) is 4. The van der Waals surface area contributed by atoms with E-state index in [0.29, 0.717) is 12.2 Å². The first-order valence-electron chi connectivity index (χ1n) is 10.4. The smallest absolute Gasteiger partial charge is 0.388 e. The summed E-state index contributed by atoms with van der Waals surface area (Å²) in [6.45, 7) is 9.27. The van der Waals surface area contributed by atoms with Crippen molar-refractivity contribution in [3.63, 3.8) is 0 Å². The molecule has 0 saturated carbocycles. The van der Waals surface area contributed by atoms with Crippen molar-refractivity contribution >= 4 is 11.5 Å². The summed E-state index contributed by atoms with van der Waals surface area (Å²) in [5.74, 6) is 0.385. The van der Waals surface area contributed by atoms with Gasteiger partial charge >= 0.3 is 5.76 Å². The van der Waals surface area contributed by atoms with Gasteiger partial charge in [-0.2, -0.15) is 0 Å². The molecule has 1 fully saturated rings. The number of anilines is 2. The van der Waals surface area contributed by atoms with Gasteiger partial charge in [-0.05, 0) is 26.5 Å². The maximum atomic E-state index is 11.3. The van der Waals surface area contributed by atoms with E-state index in [4.69, 9.17) is 9.15 Å². The van der Waals surface area contributed by atoms with Gasteiger partial charge in [0.05, 0.1) is 30.1 Å². The van der Waals surface area contributed by atoms with E-state index in [-0.39, 0.29) is 18.1 Å². The van der Waals surface area contributed by atoms with Crippen LogP contribution in [0.2, 0.25) is 0 Å². The largest absolute Gasteiger partial charge is 0.434 e. The Kier molecular flexibility index (Phi) is 6.28. The van der Waals surface area contributed by atoms with E-state index >= 15 is 0 Å². The van der Waals surface area contributed by atoms with E-state index in [9.17, 15) is 4.79 Å². The second-order valence-electron chi connectivity index (χ2n) is 7.59. The monoisotopic (exact) mass is 425 g/mol. The van der Waals surface area contributed by atoms with Crippen LogP contribution in [0.1, 0.15) is 20.8 Å². The predicted octanol–water partition coefficient (Wildman–Crippen LogP) is 2.08. The zero-order chi connectivity index (χ0) is 21.8. The van der Waals surface area contributed by atoms with Crippen LogP contribution >= 0.6 is 0 Å². The van der Waals surface area contributed by atoms with Crippen molar-refractivity contribution in [2.45, 2.75) is 33.0 Å². The molecule has 1 saturated heterocycles. The van der Waals surface area contributed by atoms with Crippen molar-refractivity contribution < 1.29 is 9.15 Å². The second kappa shape index (κ2) is 9.27. The van der Waals surface area contributed by atoms with E-state index in [0.717, 1.165) is 42.3 Å². The van der Waals surface area contributed by atoms with E-state index in [2.05, 4.69) is 62.5 Å². The Morgan fingerprint density at radius 3 is 2.65 bits per heavy atom. The number of aromatic amines is 1. The van der Waals surface area contributed by atoms with E-state index < -0.39 is 5.76 Å². The maximum Gasteiger partial charge on any atom is 0.434 e. The first kappa shape index (κ1) is 21.0. The van der Waals surface area contributed by atoms with Crippen molar-refractivity contribution in [2.24, 2.45) is 0 Å². The van der Waals surface area contributed by atoms with Crippen LogP contribution in [0.25, 0.3) is 22.6 Å². The van der Waals surface area contributed by atoms with Gasteiger partial charge in [-0.25, -0.2) is 14.9 Å². The lowest BCUT2D eigenvalue weighted by Crippen LogP contribution is -2.45. The van der Waals surface area contributed by atoms with Gasteiger partial charge in [0.15, 0.2) is 0 Å². The molecule has 3 aromatic heterocycles. The number of aromatic nitrogens is 4. The van der Waals surface area contributed by atoms with Gasteiger partial charge in [0, 0.05) is 48.9 Å². The van der Waals surface area contributed by atoms with Gasteiger partial charge in [0.1, 0.15) is 5.82 Å². The lowest BCUT2D eigenvalue weighted by molar-refractivity contribution is -0.00518. The summed E-state index contributed by atoms with van der Waals surface area (Å²) >= 11 is 0. The van der Waals surface area contributed by atoms with E-state index in [1.165, 1.54) is 0 Å². The third-order valence-electron chi connectivity index (χ3n) is 5.02. The Morgan fingerprint density at radius 2 is 1.94 bits per heavy atom. The number of hydrogen-bond donors (Lipinski definition) is 3. The Labute approximate surface area is 180 Å². The quantitative estimate of drug-likeness (QED) is 0.386. The van der Waals surface area contributed by atoms with Crippen LogP contribution < -0.4 is 21.3 Å². The van der Waals surface area contributed by atoms with Crippen LogP contribution in [0.4, 0.5) is 11.5 Å². The zero-order valence-electron chi connectivity index (χ0n) is 17.9. The van der Waals surface area contributed by atoms with Gasteiger partial charge in [-0.15, -0.1) is 5.10 Å². The van der Waals surface area contributed by atoms with Crippen LogP contribution in [0.5, 0.6) is 0 Å². The number of rotatable bonds is 7. The average molecular weight is 425 g/mol. The standard InChI is InChI=1S/C21H27N7O3/c1-4-22-12-25-19-6-18(28-10-13(2)30-14(3)11-28)17(9-24-19)15-5-16(8-23-7-15)20-26-27-21(29)31-20/h5-9,13-14,22H,4,10-12H2,1-3H3,(H,24,25)(H,27,29). The average Bonchev–Trinajstić information content (AvgIpc) is 3.20. The van der Waals surface area contributed by atoms with E-state index in [1.54, 1.807) is 12.4 Å². The molecule has 1 aliphatic heterocycles. The summed E-state index contributed by atoms with van der Waals surface area (Å²) < 4.78 is 11.0. The number of ether oxygens (including phenoxy) is 1. The molecule has 0 amide bonds. The normalized spacial score (nSPS) is 18.9. The molecule has 10 nitrogen and oxygen atoms in total. The summed E-state index contributed by atoms with van der Waals surface area (Å²) in [5.41, 5.74) is 3.44. The molecule has 3 N–H and O–H groups in total. The molecular formula is C21H27N7O3. The molecule has 10 heteroatoms. The number of nitrogens with one attached hydrogen (secondary N) is 3. The summed E-state index contributed by atoms with van der Waals surface area (Å²) in [6.07, 6.45) is 5.46. The van der Waals surface area contributed by atoms with Crippen LogP contribution in [-0.4, -0.2) is 58.7 Å². The molecule has 2 unspecified atom stereocenters. The molecule has 2 atom stereocenters. The minimum Gasteiger partial charge on any atom is -0.388 e. The molecule has 0 aliphatic carbocycles. The molecule has 0 bridgehead atoms. The molecule has 0 aromatic carbocycles. The molecule has 1 aliphatic rings. The van der Waals surface area contributed by atoms with Crippen molar-refractivity contribution in [1.82, 2.24) is 25.5 Å². The molecule has 0 radical (unpaired) electrons. The van der Waals surface area contributed by atoms with Gasteiger partial charge in [0.25, 0.3) is 5.89 Å². The van der Waals surface area contributed by atoms with Crippen molar-refractivity contribution in [3.05, 3.63) is 41.3 Å². The fourth-order valence-corrected chi connectivity index (χ4v) is 3.74. The molecule has 0 spiro atoms. The summed E-state index contributed by atoms with van der Waals surface area (Å²) in [7, 11) is 0. The van der Waals surface area contributed by atoms with Crippen LogP contribution in [-0.2, 0) is 4.74 Å². The second-order valence-corrected chi connectivity index (χ2v) is 7.59. The topological polar surface area (TPSA) is 121 Å². The predicted molar refractivity (Wildman–Crippen MR) is 118 cm³/mol. The molecule has 4 rings (SSSR count). The summed E-state index contributed by atoms with van der Waals surface area (Å²) in [5, 5.41) is 12.7. The highest BCUT2D eigenvalue weighted by Gasteiger charge is 2.25. The Bertz CT molecular complexity index is 1070. The molecule has 3 aromatic rings. The van der Waals surface area contributed by atoms with Crippen molar-refractivity contribution in [3.8, 4) is 22.6 Å². The molecule has 164 valence electrons. The van der Waals surface area contributed by atoms with Gasteiger partial charge in [-0.1, -0.05) is 6.92 Å². The van der Waals surface area contributed by atoms with Crippen molar-refractivity contribution in [1.29, 1.82) is 0 Å². The first-order chi connectivity index (χ1) is 15.0. The lowest BCUT2D eigenvalue weighted by Gasteiger charge is -2.38. The van der Waals surface area contributed by atoms with Crippen molar-refractivity contribution in [2.75, 3.05) is 36.5 Å². The SMILES string of the molecule is CCNCNc1cc(N2CC(C)OC(C)C2)c(-c2cncc(-c3n[nH]c(=O)o3)c2)cn1. The van der Waals surface area contributed by atoms with Crippen LogP contribution in [0.3, 0.4) is 0 Å². The Balaban J connectivity index is 1.73. The number of hydrogen-bond acceptors (Lipinski definition) is 9. The third-order valence-corrected chi connectivity index (χ3v) is 5.02. The Morgan fingerprint density at radius 1 is 1.16 bits per heavy atom. The lowest BCUT2D eigenvalue weighted by atomic mass is 10.0. The maximum absolute atomic E-state index is 11.3. The van der Waals surface area contributed by atoms with Gasteiger partial charge in [-0.3, -0.25) is 4.98 Å². The first-order valence-corrected chi connectivity index (χ1v) is 10.4. The summed E-state index contributed by atoms with van der Waals surface area (Å²) in [4.78, 5) is 22.6. The Hall–Kier alpha value is -3.24. The van der Waals surface area contributed by atoms with E-state index in [1.807, 2.05) is 12.3 Å². The number of H-pyrrole nitrogens is 1. The number of morpholine rings is 1. The fourth-order valence-electron chi connectivity index (χ4n) is 3.74. The van der Waals surface area contributed by atoms with Crippen LogP contribution in [0.15, 0.2) is 39.9 Å². The fraction of sp³-hybridized carbons (Fsp3) is 0.429. The highest BCUT2D eigenvalue weighted by molar-refractivity contribution is 5.81. The minimum absolute atomic E-state index is 0.116. The molecule has 4 heterocycles. The minimum atomic E-state index is -0.602. The van der Waals surface area contributed by atoms with Gasteiger partial charge in [0.2, 0.25) is 0 Å². The molecular weight excluding hydrogens is 398 g/mol. The summed E-state index contributed by atoms with van der Waals surface area (Å²) in [6, 6.07) is 3.95. The molecule has 31 heavy (non-hydrogen) atoms. The van der Waals surface area contributed by atoms with Gasteiger partial charge < -0.3 is 24.7 Å². The zero-order valence-corrected chi connectivity index (χ0v) is 17.9. The number of pyridine rings is 2. The van der Waals surface area contributed by atoms with Crippen LogP contribution in [0, 0.1) is 0 Å².